The second kappa shape index (κ2) is 8.90. The summed E-state index contributed by atoms with van der Waals surface area (Å²) in [6.45, 7) is 4.80. The van der Waals surface area contributed by atoms with Gasteiger partial charge < -0.3 is 23.7 Å². The van der Waals surface area contributed by atoms with Crippen LogP contribution < -0.4 is 15.2 Å². The van der Waals surface area contributed by atoms with Crippen LogP contribution in [0.5, 0.6) is 0 Å². The molecule has 2 aliphatic rings. The van der Waals surface area contributed by atoms with E-state index < -0.39 is 5.97 Å². The first kappa shape index (κ1) is 21.5. The Morgan fingerprint density at radius 1 is 1.12 bits per heavy atom. The third-order valence-corrected chi connectivity index (χ3v) is 6.52. The highest BCUT2D eigenvalue weighted by atomic mass is 16.5. The van der Waals surface area contributed by atoms with Crippen molar-refractivity contribution in [2.75, 3.05) is 43.2 Å². The van der Waals surface area contributed by atoms with E-state index in [0.717, 1.165) is 30.6 Å². The van der Waals surface area contributed by atoms with Gasteiger partial charge in [-0.05, 0) is 44.0 Å². The average Bonchev–Trinajstić information content (AvgIpc) is 3.33. The van der Waals surface area contributed by atoms with Gasteiger partial charge in [0.05, 0.1) is 36.8 Å². The van der Waals surface area contributed by atoms with Crippen LogP contribution in [0.1, 0.15) is 41.7 Å². The van der Waals surface area contributed by atoms with E-state index in [9.17, 15) is 9.59 Å². The number of fused-ring (bicyclic) bond motifs is 1. The molecular formula is C26H28N2O5. The molecule has 2 unspecified atom stereocenters. The molecule has 3 aromatic rings. The van der Waals surface area contributed by atoms with Crippen LogP contribution in [0.25, 0.3) is 11.0 Å². The number of benzene rings is 2. The highest BCUT2D eigenvalue weighted by Gasteiger charge is 2.31. The lowest BCUT2D eigenvalue weighted by Gasteiger charge is -2.32. The fourth-order valence-electron chi connectivity index (χ4n) is 4.95. The van der Waals surface area contributed by atoms with Gasteiger partial charge in [0.15, 0.2) is 11.3 Å². The van der Waals surface area contributed by atoms with Gasteiger partial charge in [-0.25, -0.2) is 4.79 Å². The molecule has 2 atom stereocenters. The standard InChI is InChI=1S/C26H28N2O5/c1-17-16-27(11-12-32-17)24-15-23(29)21-14-18(26(30)31-2)13-20(25(21)33-24)22-9-6-10-28(22)19-7-4-3-5-8-19/h3-5,7-8,13-15,17,22H,6,9-12,16H2,1-2H3. The Hall–Kier alpha value is -3.32. The Labute approximate surface area is 192 Å². The molecule has 2 fully saturated rings. The number of ether oxygens (including phenoxy) is 2. The van der Waals surface area contributed by atoms with Gasteiger partial charge in [0, 0.05) is 37.0 Å². The molecule has 7 nitrogen and oxygen atoms in total. The van der Waals surface area contributed by atoms with Gasteiger partial charge >= 0.3 is 5.97 Å². The summed E-state index contributed by atoms with van der Waals surface area (Å²) in [4.78, 5) is 30.0. The van der Waals surface area contributed by atoms with Crippen LogP contribution in [-0.4, -0.2) is 45.4 Å². The van der Waals surface area contributed by atoms with E-state index in [0.29, 0.717) is 42.1 Å². The molecule has 0 aliphatic carbocycles. The highest BCUT2D eigenvalue weighted by molar-refractivity contribution is 5.95. The predicted molar refractivity (Wildman–Crippen MR) is 127 cm³/mol. The zero-order valence-corrected chi connectivity index (χ0v) is 19.0. The minimum Gasteiger partial charge on any atom is -0.465 e. The molecule has 172 valence electrons. The van der Waals surface area contributed by atoms with E-state index in [-0.39, 0.29) is 17.6 Å². The quantitative estimate of drug-likeness (QED) is 0.555. The van der Waals surface area contributed by atoms with Gasteiger partial charge in [-0.2, -0.15) is 0 Å². The molecular weight excluding hydrogens is 420 g/mol. The fraction of sp³-hybridized carbons (Fsp3) is 0.385. The maximum Gasteiger partial charge on any atom is 0.337 e. The molecule has 0 amide bonds. The van der Waals surface area contributed by atoms with Gasteiger partial charge in [0.1, 0.15) is 5.58 Å². The summed E-state index contributed by atoms with van der Waals surface area (Å²) >= 11 is 0. The van der Waals surface area contributed by atoms with Crippen molar-refractivity contribution in [3.05, 3.63) is 69.9 Å². The van der Waals surface area contributed by atoms with Crippen molar-refractivity contribution in [1.82, 2.24) is 0 Å². The van der Waals surface area contributed by atoms with Gasteiger partial charge in [0.25, 0.3) is 0 Å². The molecule has 2 saturated heterocycles. The van der Waals surface area contributed by atoms with E-state index in [4.69, 9.17) is 13.9 Å². The SMILES string of the molecule is COC(=O)c1cc(C2CCCN2c2ccccc2)c2oc(N3CCOC(C)C3)cc(=O)c2c1. The number of esters is 1. The first-order valence-corrected chi connectivity index (χ1v) is 11.4. The summed E-state index contributed by atoms with van der Waals surface area (Å²) in [6, 6.07) is 15.1. The maximum atomic E-state index is 13.2. The monoisotopic (exact) mass is 448 g/mol. The lowest BCUT2D eigenvalue weighted by atomic mass is 9.98. The Bertz CT molecular complexity index is 1220. The summed E-state index contributed by atoms with van der Waals surface area (Å²) in [5.41, 5.74) is 2.69. The van der Waals surface area contributed by atoms with Crippen molar-refractivity contribution in [2.24, 2.45) is 0 Å². The summed E-state index contributed by atoms with van der Waals surface area (Å²) < 4.78 is 17.0. The predicted octanol–water partition coefficient (Wildman–Crippen LogP) is 4.15. The van der Waals surface area contributed by atoms with Gasteiger partial charge in [-0.1, -0.05) is 18.2 Å². The maximum absolute atomic E-state index is 13.2. The Morgan fingerprint density at radius 2 is 1.94 bits per heavy atom. The normalized spacial score (nSPS) is 20.9. The molecule has 0 saturated carbocycles. The molecule has 2 aromatic carbocycles. The number of hydrogen-bond donors (Lipinski definition) is 0. The third kappa shape index (κ3) is 4.09. The Kier molecular flexibility index (Phi) is 5.81. The number of anilines is 2. The number of methoxy groups -OCH3 is 1. The molecule has 0 N–H and O–H groups in total. The van der Waals surface area contributed by atoms with Crippen LogP contribution in [0.2, 0.25) is 0 Å². The topological polar surface area (TPSA) is 72.2 Å². The number of carbonyl (C=O) groups is 1. The van der Waals surface area contributed by atoms with Gasteiger partial charge in [-0.3, -0.25) is 4.79 Å². The first-order valence-electron chi connectivity index (χ1n) is 11.4. The minimum absolute atomic E-state index is 0.0125. The molecule has 3 heterocycles. The van der Waals surface area contributed by atoms with Gasteiger partial charge in [-0.15, -0.1) is 0 Å². The van der Waals surface area contributed by atoms with Crippen molar-refractivity contribution in [2.45, 2.75) is 31.9 Å². The van der Waals surface area contributed by atoms with Crippen molar-refractivity contribution in [1.29, 1.82) is 0 Å². The molecule has 0 radical (unpaired) electrons. The van der Waals surface area contributed by atoms with Crippen molar-refractivity contribution >= 4 is 28.5 Å². The zero-order valence-electron chi connectivity index (χ0n) is 19.0. The van der Waals surface area contributed by atoms with Crippen molar-refractivity contribution in [3.8, 4) is 0 Å². The minimum atomic E-state index is -0.465. The number of morpholine rings is 1. The van der Waals surface area contributed by atoms with Gasteiger partial charge in [0.2, 0.25) is 0 Å². The number of para-hydroxylation sites is 1. The zero-order chi connectivity index (χ0) is 22.9. The number of nitrogens with zero attached hydrogens (tertiary/aromatic N) is 2. The molecule has 2 aliphatic heterocycles. The van der Waals surface area contributed by atoms with Crippen molar-refractivity contribution < 1.29 is 18.7 Å². The van der Waals surface area contributed by atoms with Crippen LogP contribution in [0.15, 0.2) is 57.7 Å². The smallest absolute Gasteiger partial charge is 0.337 e. The fourth-order valence-corrected chi connectivity index (χ4v) is 4.95. The molecule has 0 bridgehead atoms. The summed E-state index contributed by atoms with van der Waals surface area (Å²) in [7, 11) is 1.35. The first-order chi connectivity index (χ1) is 16.0. The summed E-state index contributed by atoms with van der Waals surface area (Å²) in [5, 5.41) is 0.401. The Balaban J connectivity index is 1.68. The number of rotatable bonds is 4. The second-order valence-corrected chi connectivity index (χ2v) is 8.70. The second-order valence-electron chi connectivity index (χ2n) is 8.70. The summed E-state index contributed by atoms with van der Waals surface area (Å²) in [5.74, 6) is 0.0758. The molecule has 1 aromatic heterocycles. The highest BCUT2D eigenvalue weighted by Crippen LogP contribution is 2.40. The van der Waals surface area contributed by atoms with E-state index in [1.165, 1.54) is 13.2 Å². The van der Waals surface area contributed by atoms with Crippen LogP contribution in [0.3, 0.4) is 0 Å². The van der Waals surface area contributed by atoms with Crippen LogP contribution >= 0.6 is 0 Å². The molecule has 33 heavy (non-hydrogen) atoms. The van der Waals surface area contributed by atoms with E-state index in [1.54, 1.807) is 6.07 Å². The average molecular weight is 449 g/mol. The van der Waals surface area contributed by atoms with E-state index >= 15 is 0 Å². The Morgan fingerprint density at radius 3 is 2.70 bits per heavy atom. The number of hydrogen-bond acceptors (Lipinski definition) is 7. The van der Waals surface area contributed by atoms with Crippen LogP contribution in [0, 0.1) is 0 Å². The van der Waals surface area contributed by atoms with E-state index in [2.05, 4.69) is 21.9 Å². The summed E-state index contributed by atoms with van der Waals surface area (Å²) in [6.07, 6.45) is 1.97. The lowest BCUT2D eigenvalue weighted by Crippen LogP contribution is -2.41. The molecule has 5 rings (SSSR count). The molecule has 7 heteroatoms. The molecule has 0 spiro atoms. The largest absolute Gasteiger partial charge is 0.465 e. The van der Waals surface area contributed by atoms with Crippen molar-refractivity contribution in [3.63, 3.8) is 0 Å². The van der Waals surface area contributed by atoms with E-state index in [1.807, 2.05) is 31.2 Å². The third-order valence-electron chi connectivity index (χ3n) is 6.52. The van der Waals surface area contributed by atoms with Crippen LogP contribution in [-0.2, 0) is 9.47 Å². The lowest BCUT2D eigenvalue weighted by molar-refractivity contribution is 0.0517. The number of carbonyl (C=O) groups excluding carboxylic acids is 1. The van der Waals surface area contributed by atoms with Crippen LogP contribution in [0.4, 0.5) is 11.6 Å².